The first-order valence-electron chi connectivity index (χ1n) is 6.13. The van der Waals surface area contributed by atoms with Crippen molar-refractivity contribution in [3.63, 3.8) is 0 Å². The van der Waals surface area contributed by atoms with E-state index < -0.39 is 6.10 Å². The predicted molar refractivity (Wildman–Crippen MR) is 70.3 cm³/mol. The summed E-state index contributed by atoms with van der Waals surface area (Å²) in [5, 5.41) is 9.45. The van der Waals surface area contributed by atoms with Crippen molar-refractivity contribution in [2.45, 2.75) is 19.4 Å². The standard InChI is InChI=1S/C14H16N2O3/c1-2-11(17)10-18-12-5-3-6-13(9-12)19-14-15-7-4-8-16-14/h3-9,11,17H,2,10H2,1H3/t11-/m1/s1. The minimum absolute atomic E-state index is 0.266. The molecule has 0 amide bonds. The Bertz CT molecular complexity index is 505. The maximum atomic E-state index is 9.45. The predicted octanol–water partition coefficient (Wildman–Crippen LogP) is 2.42. The summed E-state index contributed by atoms with van der Waals surface area (Å²) in [5.41, 5.74) is 0. The van der Waals surface area contributed by atoms with Gasteiger partial charge in [-0.2, -0.15) is 0 Å². The Morgan fingerprint density at radius 3 is 2.63 bits per heavy atom. The van der Waals surface area contributed by atoms with Crippen LogP contribution in [0.1, 0.15) is 13.3 Å². The fourth-order valence-corrected chi connectivity index (χ4v) is 1.38. The lowest BCUT2D eigenvalue weighted by atomic mass is 10.3. The minimum Gasteiger partial charge on any atom is -0.491 e. The van der Waals surface area contributed by atoms with Gasteiger partial charge in [0.15, 0.2) is 0 Å². The van der Waals surface area contributed by atoms with E-state index in [0.29, 0.717) is 17.9 Å². The van der Waals surface area contributed by atoms with Gasteiger partial charge in [-0.15, -0.1) is 0 Å². The summed E-state index contributed by atoms with van der Waals surface area (Å²) >= 11 is 0. The van der Waals surface area contributed by atoms with Crippen molar-refractivity contribution in [3.8, 4) is 17.5 Å². The third kappa shape index (κ3) is 4.22. The van der Waals surface area contributed by atoms with E-state index in [2.05, 4.69) is 9.97 Å². The second-order valence-corrected chi connectivity index (χ2v) is 3.98. The van der Waals surface area contributed by atoms with E-state index in [4.69, 9.17) is 9.47 Å². The summed E-state index contributed by atoms with van der Waals surface area (Å²) < 4.78 is 11.0. The van der Waals surface area contributed by atoms with Crippen LogP contribution in [0.4, 0.5) is 0 Å². The molecule has 2 rings (SSSR count). The van der Waals surface area contributed by atoms with Crippen LogP contribution in [-0.4, -0.2) is 27.8 Å². The van der Waals surface area contributed by atoms with Crippen LogP contribution in [0.2, 0.25) is 0 Å². The van der Waals surface area contributed by atoms with E-state index in [1.54, 1.807) is 36.7 Å². The van der Waals surface area contributed by atoms with Crippen molar-refractivity contribution in [1.29, 1.82) is 0 Å². The van der Waals surface area contributed by atoms with Gasteiger partial charge in [0.1, 0.15) is 18.1 Å². The normalized spacial score (nSPS) is 11.9. The lowest BCUT2D eigenvalue weighted by Crippen LogP contribution is -2.15. The summed E-state index contributed by atoms with van der Waals surface area (Å²) in [7, 11) is 0. The van der Waals surface area contributed by atoms with E-state index in [0.717, 1.165) is 0 Å². The molecular formula is C14H16N2O3. The van der Waals surface area contributed by atoms with E-state index >= 15 is 0 Å². The largest absolute Gasteiger partial charge is 0.491 e. The van der Waals surface area contributed by atoms with Gasteiger partial charge in [-0.25, -0.2) is 9.97 Å². The van der Waals surface area contributed by atoms with Gasteiger partial charge in [0.05, 0.1) is 6.10 Å². The van der Waals surface area contributed by atoms with Gasteiger partial charge in [0, 0.05) is 18.5 Å². The lowest BCUT2D eigenvalue weighted by Gasteiger charge is -2.11. The fraction of sp³-hybridized carbons (Fsp3) is 0.286. The highest BCUT2D eigenvalue weighted by molar-refractivity contribution is 5.34. The van der Waals surface area contributed by atoms with Crippen LogP contribution in [0.3, 0.4) is 0 Å². The molecule has 0 saturated heterocycles. The molecule has 0 aliphatic carbocycles. The SMILES string of the molecule is CC[C@@H](O)COc1cccc(Oc2ncccn2)c1. The van der Waals surface area contributed by atoms with Gasteiger partial charge in [0.2, 0.25) is 0 Å². The van der Waals surface area contributed by atoms with Crippen molar-refractivity contribution < 1.29 is 14.6 Å². The molecule has 0 saturated carbocycles. The lowest BCUT2D eigenvalue weighted by molar-refractivity contribution is 0.104. The average Bonchev–Trinajstić information content (AvgIpc) is 2.46. The van der Waals surface area contributed by atoms with E-state index in [1.807, 2.05) is 13.0 Å². The van der Waals surface area contributed by atoms with Crippen LogP contribution in [0, 0.1) is 0 Å². The first-order chi connectivity index (χ1) is 9.28. The van der Waals surface area contributed by atoms with Crippen LogP contribution in [0.5, 0.6) is 17.5 Å². The number of aliphatic hydroxyl groups excluding tert-OH is 1. The van der Waals surface area contributed by atoms with Crippen molar-refractivity contribution >= 4 is 0 Å². The maximum absolute atomic E-state index is 9.45. The number of aliphatic hydroxyl groups is 1. The molecule has 5 heteroatoms. The summed E-state index contributed by atoms with van der Waals surface area (Å²) in [5.74, 6) is 1.23. The molecule has 0 aliphatic rings. The molecule has 5 nitrogen and oxygen atoms in total. The molecule has 100 valence electrons. The number of hydrogen-bond donors (Lipinski definition) is 1. The third-order valence-corrected chi connectivity index (χ3v) is 2.47. The number of ether oxygens (including phenoxy) is 2. The molecule has 1 aromatic carbocycles. The van der Waals surface area contributed by atoms with Crippen LogP contribution in [0.25, 0.3) is 0 Å². The van der Waals surface area contributed by atoms with Gasteiger partial charge in [-0.3, -0.25) is 0 Å². The van der Waals surface area contributed by atoms with Crippen molar-refractivity contribution in [2.24, 2.45) is 0 Å². The maximum Gasteiger partial charge on any atom is 0.321 e. The van der Waals surface area contributed by atoms with Crippen LogP contribution in [0.15, 0.2) is 42.7 Å². The van der Waals surface area contributed by atoms with Gasteiger partial charge in [-0.05, 0) is 24.6 Å². The second-order valence-electron chi connectivity index (χ2n) is 3.98. The van der Waals surface area contributed by atoms with E-state index in [1.165, 1.54) is 0 Å². The molecule has 1 heterocycles. The van der Waals surface area contributed by atoms with Gasteiger partial charge >= 0.3 is 6.01 Å². The first kappa shape index (κ1) is 13.3. The molecule has 0 radical (unpaired) electrons. The Morgan fingerprint density at radius 2 is 1.89 bits per heavy atom. The fourth-order valence-electron chi connectivity index (χ4n) is 1.38. The van der Waals surface area contributed by atoms with Crippen molar-refractivity contribution in [2.75, 3.05) is 6.61 Å². The zero-order chi connectivity index (χ0) is 13.5. The van der Waals surface area contributed by atoms with Crippen molar-refractivity contribution in [1.82, 2.24) is 9.97 Å². The highest BCUT2D eigenvalue weighted by atomic mass is 16.5. The van der Waals surface area contributed by atoms with E-state index in [-0.39, 0.29) is 12.6 Å². The molecule has 2 aromatic rings. The Morgan fingerprint density at radius 1 is 1.16 bits per heavy atom. The topological polar surface area (TPSA) is 64.5 Å². The van der Waals surface area contributed by atoms with E-state index in [9.17, 15) is 5.11 Å². The molecule has 19 heavy (non-hydrogen) atoms. The molecule has 0 unspecified atom stereocenters. The quantitative estimate of drug-likeness (QED) is 0.864. The molecule has 0 spiro atoms. The Balaban J connectivity index is 1.99. The van der Waals surface area contributed by atoms with Crippen LogP contribution in [-0.2, 0) is 0 Å². The number of rotatable bonds is 6. The monoisotopic (exact) mass is 260 g/mol. The number of benzene rings is 1. The Hall–Kier alpha value is -2.14. The molecular weight excluding hydrogens is 244 g/mol. The van der Waals surface area contributed by atoms with Crippen LogP contribution < -0.4 is 9.47 Å². The molecule has 0 bridgehead atoms. The van der Waals surface area contributed by atoms with Gasteiger partial charge in [0.25, 0.3) is 0 Å². The summed E-state index contributed by atoms with van der Waals surface area (Å²) in [6, 6.07) is 9.15. The summed E-state index contributed by atoms with van der Waals surface area (Å²) in [6.07, 6.45) is 3.43. The second kappa shape index (κ2) is 6.70. The highest BCUT2D eigenvalue weighted by Crippen LogP contribution is 2.22. The molecule has 1 N–H and O–H groups in total. The van der Waals surface area contributed by atoms with Gasteiger partial charge in [-0.1, -0.05) is 13.0 Å². The Kier molecular flexibility index (Phi) is 4.69. The molecule has 1 aromatic heterocycles. The highest BCUT2D eigenvalue weighted by Gasteiger charge is 2.04. The average molecular weight is 260 g/mol. The zero-order valence-corrected chi connectivity index (χ0v) is 10.7. The summed E-state index contributed by atoms with van der Waals surface area (Å²) in [4.78, 5) is 7.95. The summed E-state index contributed by atoms with van der Waals surface area (Å²) in [6.45, 7) is 2.17. The zero-order valence-electron chi connectivity index (χ0n) is 10.7. The third-order valence-electron chi connectivity index (χ3n) is 2.47. The van der Waals surface area contributed by atoms with Gasteiger partial charge < -0.3 is 14.6 Å². The smallest absolute Gasteiger partial charge is 0.321 e. The Labute approximate surface area is 111 Å². The molecule has 0 aliphatic heterocycles. The minimum atomic E-state index is -0.456. The molecule has 1 atom stereocenters. The molecule has 0 fully saturated rings. The van der Waals surface area contributed by atoms with Crippen LogP contribution >= 0.6 is 0 Å². The number of hydrogen-bond acceptors (Lipinski definition) is 5. The number of nitrogens with zero attached hydrogens (tertiary/aromatic N) is 2. The number of aromatic nitrogens is 2. The first-order valence-corrected chi connectivity index (χ1v) is 6.13. The van der Waals surface area contributed by atoms with Crippen molar-refractivity contribution in [3.05, 3.63) is 42.7 Å².